The fourth-order valence-electron chi connectivity index (χ4n) is 2.57. The van der Waals surface area contributed by atoms with Crippen molar-refractivity contribution in [3.05, 3.63) is 49.6 Å². The fourth-order valence-corrected chi connectivity index (χ4v) is 4.34. The Morgan fingerprint density at radius 1 is 1.40 bits per heavy atom. The van der Waals surface area contributed by atoms with Gasteiger partial charge in [0.1, 0.15) is 0 Å². The molecule has 1 aromatic carbocycles. The van der Waals surface area contributed by atoms with Gasteiger partial charge in [0.15, 0.2) is 0 Å². The van der Waals surface area contributed by atoms with E-state index in [9.17, 15) is 4.79 Å². The normalized spacial score (nSPS) is 17.6. The van der Waals surface area contributed by atoms with Gasteiger partial charge in [-0.15, -0.1) is 11.3 Å². The maximum absolute atomic E-state index is 12.5. The van der Waals surface area contributed by atoms with E-state index in [4.69, 9.17) is 11.6 Å². The molecule has 1 N–H and O–H groups in total. The molecule has 0 bridgehead atoms. The van der Waals surface area contributed by atoms with E-state index in [0.29, 0.717) is 5.02 Å². The summed E-state index contributed by atoms with van der Waals surface area (Å²) in [5.74, 6) is 0.0277. The van der Waals surface area contributed by atoms with Gasteiger partial charge in [0.2, 0.25) is 5.91 Å². The van der Waals surface area contributed by atoms with Crippen molar-refractivity contribution < 1.29 is 4.79 Å². The lowest BCUT2D eigenvalue weighted by Crippen LogP contribution is -2.24. The Kier molecular flexibility index (Phi) is 4.15. The number of amides is 1. The van der Waals surface area contributed by atoms with Gasteiger partial charge in [-0.2, -0.15) is 0 Å². The highest BCUT2D eigenvalue weighted by molar-refractivity contribution is 9.10. The third-order valence-electron chi connectivity index (χ3n) is 3.56. The van der Waals surface area contributed by atoms with Crippen molar-refractivity contribution in [1.82, 2.24) is 0 Å². The van der Waals surface area contributed by atoms with Crippen LogP contribution < -0.4 is 5.32 Å². The molecule has 1 heterocycles. The van der Waals surface area contributed by atoms with Crippen molar-refractivity contribution in [3.8, 4) is 0 Å². The van der Waals surface area contributed by atoms with Crippen molar-refractivity contribution in [1.29, 1.82) is 0 Å². The van der Waals surface area contributed by atoms with Crippen molar-refractivity contribution >= 4 is 50.5 Å². The second-order valence-electron chi connectivity index (χ2n) is 4.86. The molecule has 0 fully saturated rings. The van der Waals surface area contributed by atoms with Crippen LogP contribution in [0.1, 0.15) is 29.2 Å². The molecule has 0 aliphatic heterocycles. The van der Waals surface area contributed by atoms with Gasteiger partial charge >= 0.3 is 0 Å². The highest BCUT2D eigenvalue weighted by Gasteiger charge is 2.27. The largest absolute Gasteiger partial charge is 0.325 e. The van der Waals surface area contributed by atoms with Crippen molar-refractivity contribution in [2.24, 2.45) is 0 Å². The summed E-state index contributed by atoms with van der Waals surface area (Å²) in [6.45, 7) is 0. The fraction of sp³-hybridized carbons (Fsp3) is 0.267. The van der Waals surface area contributed by atoms with E-state index >= 15 is 0 Å². The van der Waals surface area contributed by atoms with E-state index < -0.39 is 0 Å². The molecule has 0 saturated heterocycles. The number of rotatable bonds is 2. The molecule has 1 aliphatic carbocycles. The first-order chi connectivity index (χ1) is 9.65. The number of fused-ring (bicyclic) bond motifs is 1. The number of nitrogens with one attached hydrogen (secondary N) is 1. The third-order valence-corrected chi connectivity index (χ3v) is 5.45. The number of carbonyl (C=O) groups is 1. The molecule has 5 heteroatoms. The Morgan fingerprint density at radius 2 is 2.25 bits per heavy atom. The first-order valence-electron chi connectivity index (χ1n) is 6.47. The summed E-state index contributed by atoms with van der Waals surface area (Å²) in [6.07, 6.45) is 3.09. The van der Waals surface area contributed by atoms with Crippen molar-refractivity contribution in [2.75, 3.05) is 5.32 Å². The molecule has 0 spiro atoms. The van der Waals surface area contributed by atoms with Crippen molar-refractivity contribution in [2.45, 2.75) is 25.2 Å². The average Bonchev–Trinajstić information content (AvgIpc) is 2.90. The minimum atomic E-state index is -0.0346. The molecule has 1 aliphatic rings. The monoisotopic (exact) mass is 369 g/mol. The second kappa shape index (κ2) is 5.88. The Labute approximate surface area is 135 Å². The van der Waals surface area contributed by atoms with E-state index in [1.54, 1.807) is 23.5 Å². The van der Waals surface area contributed by atoms with E-state index in [1.165, 1.54) is 10.4 Å². The maximum Gasteiger partial charge on any atom is 0.231 e. The zero-order valence-electron chi connectivity index (χ0n) is 10.7. The first-order valence-corrected chi connectivity index (χ1v) is 8.52. The van der Waals surface area contributed by atoms with Gasteiger partial charge < -0.3 is 5.32 Å². The lowest BCUT2D eigenvalue weighted by molar-refractivity contribution is -0.117. The van der Waals surface area contributed by atoms with Gasteiger partial charge in [-0.25, -0.2) is 0 Å². The van der Waals surface area contributed by atoms with Crippen molar-refractivity contribution in [3.63, 3.8) is 0 Å². The summed E-state index contributed by atoms with van der Waals surface area (Å²) in [7, 11) is 0. The Hall–Kier alpha value is -0.840. The maximum atomic E-state index is 12.5. The number of carbonyl (C=O) groups excluding carboxylic acids is 1. The van der Waals surface area contributed by atoms with Gasteiger partial charge in [-0.05, 0) is 70.4 Å². The van der Waals surface area contributed by atoms with E-state index in [0.717, 1.165) is 29.4 Å². The minimum absolute atomic E-state index is 0.0346. The number of aryl methyl sites for hydroxylation is 1. The molecule has 2 aromatic rings. The summed E-state index contributed by atoms with van der Waals surface area (Å²) < 4.78 is 0.805. The predicted octanol–water partition coefficient (Wildman–Crippen LogP) is 5.22. The predicted molar refractivity (Wildman–Crippen MR) is 87.8 cm³/mol. The molecule has 3 rings (SSSR count). The molecular formula is C15H13BrClNOS. The van der Waals surface area contributed by atoms with Crippen LogP contribution in [0.5, 0.6) is 0 Å². The molecule has 1 atom stereocenters. The number of hydrogen-bond acceptors (Lipinski definition) is 2. The number of benzene rings is 1. The molecule has 20 heavy (non-hydrogen) atoms. The Balaban J connectivity index is 1.81. The summed E-state index contributed by atoms with van der Waals surface area (Å²) in [5.41, 5.74) is 1.96. The topological polar surface area (TPSA) is 29.1 Å². The third kappa shape index (κ3) is 2.78. The van der Waals surface area contributed by atoms with Gasteiger partial charge in [0, 0.05) is 14.4 Å². The standard InChI is InChI=1S/C15H13BrClNOS/c16-12-8-9(17)4-5-13(12)18-15(19)11-2-1-3-14-10(11)6-7-20-14/h4-8,11H,1-3H2,(H,18,19). The van der Waals surface area contributed by atoms with Crippen LogP contribution in [0.15, 0.2) is 34.1 Å². The molecule has 2 nitrogen and oxygen atoms in total. The SMILES string of the molecule is O=C(Nc1ccc(Cl)cc1Br)C1CCCc2sccc21. The van der Waals surface area contributed by atoms with Crippen LogP contribution in [0.3, 0.4) is 0 Å². The number of halogens is 2. The van der Waals surface area contributed by atoms with Crippen LogP contribution in [0.4, 0.5) is 5.69 Å². The minimum Gasteiger partial charge on any atom is -0.325 e. The molecule has 0 radical (unpaired) electrons. The molecule has 0 saturated carbocycles. The highest BCUT2D eigenvalue weighted by atomic mass is 79.9. The van der Waals surface area contributed by atoms with Gasteiger partial charge in [-0.1, -0.05) is 11.6 Å². The van der Waals surface area contributed by atoms with Crippen LogP contribution >= 0.6 is 38.9 Å². The van der Waals surface area contributed by atoms with E-state index in [2.05, 4.69) is 32.7 Å². The second-order valence-corrected chi connectivity index (χ2v) is 7.15. The quantitative estimate of drug-likeness (QED) is 0.771. The Morgan fingerprint density at radius 3 is 3.05 bits per heavy atom. The van der Waals surface area contributed by atoms with Gasteiger partial charge in [0.05, 0.1) is 11.6 Å². The van der Waals surface area contributed by atoms with Gasteiger partial charge in [0.25, 0.3) is 0 Å². The lowest BCUT2D eigenvalue weighted by atomic mass is 9.87. The van der Waals surface area contributed by atoms with Gasteiger partial charge in [-0.3, -0.25) is 4.79 Å². The van der Waals surface area contributed by atoms with E-state index in [-0.39, 0.29) is 11.8 Å². The van der Waals surface area contributed by atoms with E-state index in [1.807, 2.05) is 6.07 Å². The summed E-state index contributed by atoms with van der Waals surface area (Å²) in [6, 6.07) is 7.47. The lowest BCUT2D eigenvalue weighted by Gasteiger charge is -2.22. The zero-order chi connectivity index (χ0) is 14.1. The first kappa shape index (κ1) is 14.1. The molecule has 1 aromatic heterocycles. The molecule has 104 valence electrons. The highest BCUT2D eigenvalue weighted by Crippen LogP contribution is 2.36. The van der Waals surface area contributed by atoms with Crippen LogP contribution in [0, 0.1) is 0 Å². The van der Waals surface area contributed by atoms with Crippen LogP contribution in [-0.4, -0.2) is 5.91 Å². The average molecular weight is 371 g/mol. The smallest absolute Gasteiger partial charge is 0.231 e. The van der Waals surface area contributed by atoms with Crippen LogP contribution in [-0.2, 0) is 11.2 Å². The molecule has 1 amide bonds. The molecule has 1 unspecified atom stereocenters. The number of hydrogen-bond donors (Lipinski definition) is 1. The zero-order valence-corrected chi connectivity index (χ0v) is 13.8. The van der Waals surface area contributed by atoms with Crippen LogP contribution in [0.2, 0.25) is 5.02 Å². The number of anilines is 1. The van der Waals surface area contributed by atoms with Crippen LogP contribution in [0.25, 0.3) is 0 Å². The molecular weight excluding hydrogens is 358 g/mol. The summed E-state index contributed by atoms with van der Waals surface area (Å²) >= 11 is 11.1. The summed E-state index contributed by atoms with van der Waals surface area (Å²) in [5, 5.41) is 5.72. The summed E-state index contributed by atoms with van der Waals surface area (Å²) in [4.78, 5) is 13.9. The Bertz CT molecular complexity index is 655. The number of thiophene rings is 1.